The van der Waals surface area contributed by atoms with E-state index in [-0.39, 0.29) is 0 Å². The van der Waals surface area contributed by atoms with E-state index >= 15 is 0 Å². The van der Waals surface area contributed by atoms with Crippen LogP contribution in [0.15, 0.2) is 30.6 Å². The van der Waals surface area contributed by atoms with Crippen molar-refractivity contribution >= 4 is 40.5 Å². The van der Waals surface area contributed by atoms with E-state index < -0.39 is 0 Å². The second-order valence-electron chi connectivity index (χ2n) is 3.57. The quantitative estimate of drug-likeness (QED) is 0.891. The summed E-state index contributed by atoms with van der Waals surface area (Å²) in [5, 5.41) is 7.36. The van der Waals surface area contributed by atoms with Crippen LogP contribution in [0.2, 0.25) is 10.0 Å². The molecule has 0 spiro atoms. The summed E-state index contributed by atoms with van der Waals surface area (Å²) in [6.07, 6.45) is 3.28. The van der Waals surface area contributed by atoms with E-state index in [4.69, 9.17) is 23.2 Å². The first-order valence-electron chi connectivity index (χ1n) is 5.47. The lowest BCUT2D eigenvalue weighted by Gasteiger charge is -2.09. The Bertz CT molecular complexity index is 545. The summed E-state index contributed by atoms with van der Waals surface area (Å²) < 4.78 is 0. The number of nitrogens with zero attached hydrogens (tertiary/aromatic N) is 2. The fourth-order valence-electron chi connectivity index (χ4n) is 1.42. The van der Waals surface area contributed by atoms with Gasteiger partial charge in [0.1, 0.15) is 5.82 Å². The van der Waals surface area contributed by atoms with E-state index in [0.717, 1.165) is 6.54 Å². The fraction of sp³-hybridized carbons (Fsp3) is 0.167. The Balaban J connectivity index is 2.22. The topological polar surface area (TPSA) is 49.8 Å². The van der Waals surface area contributed by atoms with Gasteiger partial charge in [-0.15, -0.1) is 0 Å². The molecule has 2 N–H and O–H groups in total. The predicted molar refractivity (Wildman–Crippen MR) is 75.9 cm³/mol. The number of aromatic nitrogens is 2. The van der Waals surface area contributed by atoms with Crippen LogP contribution in [0.3, 0.4) is 0 Å². The molecule has 0 unspecified atom stereocenters. The molecule has 0 aliphatic rings. The van der Waals surface area contributed by atoms with E-state index in [1.165, 1.54) is 0 Å². The zero-order valence-electron chi connectivity index (χ0n) is 9.74. The summed E-state index contributed by atoms with van der Waals surface area (Å²) in [5.74, 6) is 1.32. The van der Waals surface area contributed by atoms with E-state index in [9.17, 15) is 0 Å². The molecule has 0 aliphatic carbocycles. The van der Waals surface area contributed by atoms with Crippen LogP contribution in [0.25, 0.3) is 0 Å². The van der Waals surface area contributed by atoms with Crippen LogP contribution in [0, 0.1) is 0 Å². The highest BCUT2D eigenvalue weighted by Gasteiger charge is 2.03. The molecule has 0 atom stereocenters. The van der Waals surface area contributed by atoms with Gasteiger partial charge in [0, 0.05) is 11.6 Å². The molecular weight excluding hydrogens is 271 g/mol. The minimum Gasteiger partial charge on any atom is -0.369 e. The maximum absolute atomic E-state index is 6.06. The molecule has 4 nitrogen and oxygen atoms in total. The Morgan fingerprint density at radius 2 is 1.94 bits per heavy atom. The summed E-state index contributed by atoms with van der Waals surface area (Å²) >= 11 is 12.0. The molecule has 0 aliphatic heterocycles. The van der Waals surface area contributed by atoms with Gasteiger partial charge in [-0.1, -0.05) is 23.2 Å². The van der Waals surface area contributed by atoms with E-state index in [1.54, 1.807) is 30.6 Å². The van der Waals surface area contributed by atoms with Crippen molar-refractivity contribution in [2.24, 2.45) is 0 Å². The van der Waals surface area contributed by atoms with Crippen molar-refractivity contribution in [1.29, 1.82) is 0 Å². The third kappa shape index (κ3) is 3.24. The molecular formula is C12H12Cl2N4. The lowest BCUT2D eigenvalue weighted by atomic mass is 10.3. The van der Waals surface area contributed by atoms with Crippen molar-refractivity contribution in [3.05, 3.63) is 40.6 Å². The van der Waals surface area contributed by atoms with Gasteiger partial charge in [0.05, 0.1) is 23.1 Å². The maximum Gasteiger partial charge on any atom is 0.151 e. The normalized spacial score (nSPS) is 10.2. The molecule has 0 radical (unpaired) electrons. The molecule has 2 rings (SSSR count). The van der Waals surface area contributed by atoms with Gasteiger partial charge in [-0.25, -0.2) is 4.98 Å². The summed E-state index contributed by atoms with van der Waals surface area (Å²) in [6, 6.07) is 5.20. The molecule has 0 fully saturated rings. The average Bonchev–Trinajstić information content (AvgIpc) is 2.35. The van der Waals surface area contributed by atoms with Crippen molar-refractivity contribution in [2.45, 2.75) is 6.92 Å². The van der Waals surface area contributed by atoms with Crippen molar-refractivity contribution < 1.29 is 0 Å². The van der Waals surface area contributed by atoms with Gasteiger partial charge >= 0.3 is 0 Å². The van der Waals surface area contributed by atoms with Crippen molar-refractivity contribution in [3.63, 3.8) is 0 Å². The first-order valence-corrected chi connectivity index (χ1v) is 6.22. The van der Waals surface area contributed by atoms with Crippen LogP contribution >= 0.6 is 23.2 Å². The minimum atomic E-state index is 0.579. The predicted octanol–water partition coefficient (Wildman–Crippen LogP) is 3.96. The zero-order valence-corrected chi connectivity index (χ0v) is 11.3. The van der Waals surface area contributed by atoms with Crippen LogP contribution in [-0.2, 0) is 0 Å². The first kappa shape index (κ1) is 12.9. The summed E-state index contributed by atoms with van der Waals surface area (Å²) in [6.45, 7) is 2.78. The molecule has 94 valence electrons. The first-order chi connectivity index (χ1) is 8.69. The van der Waals surface area contributed by atoms with Gasteiger partial charge in [-0.3, -0.25) is 4.98 Å². The Morgan fingerprint density at radius 3 is 2.72 bits per heavy atom. The molecule has 0 saturated carbocycles. The van der Waals surface area contributed by atoms with Crippen LogP contribution in [-0.4, -0.2) is 16.5 Å². The molecule has 18 heavy (non-hydrogen) atoms. The average molecular weight is 283 g/mol. The fourth-order valence-corrected chi connectivity index (χ4v) is 1.76. The van der Waals surface area contributed by atoms with Gasteiger partial charge in [-0.05, 0) is 25.1 Å². The van der Waals surface area contributed by atoms with E-state index in [1.807, 2.05) is 6.92 Å². The van der Waals surface area contributed by atoms with Gasteiger partial charge < -0.3 is 10.6 Å². The molecule has 1 heterocycles. The van der Waals surface area contributed by atoms with Gasteiger partial charge in [0.25, 0.3) is 0 Å². The lowest BCUT2D eigenvalue weighted by molar-refractivity contribution is 1.12. The maximum atomic E-state index is 6.06. The highest BCUT2D eigenvalue weighted by molar-refractivity contribution is 6.35. The molecule has 6 heteroatoms. The smallest absolute Gasteiger partial charge is 0.151 e. The largest absolute Gasteiger partial charge is 0.369 e. The summed E-state index contributed by atoms with van der Waals surface area (Å²) in [7, 11) is 0. The standard InChI is InChI=1S/C12H12Cl2N4/c1-2-16-11-6-15-7-12(18-11)17-10-5-8(13)3-4-9(10)14/h3-7H,2H2,1H3,(H2,16,17,18). The summed E-state index contributed by atoms with van der Waals surface area (Å²) in [4.78, 5) is 8.43. The number of nitrogens with one attached hydrogen (secondary N) is 2. The second kappa shape index (κ2) is 5.89. The molecule has 2 aromatic rings. The highest BCUT2D eigenvalue weighted by atomic mass is 35.5. The lowest BCUT2D eigenvalue weighted by Crippen LogP contribution is -2.02. The zero-order chi connectivity index (χ0) is 13.0. The number of rotatable bonds is 4. The number of benzene rings is 1. The van der Waals surface area contributed by atoms with Gasteiger partial charge in [0.2, 0.25) is 0 Å². The van der Waals surface area contributed by atoms with Crippen molar-refractivity contribution in [2.75, 3.05) is 17.2 Å². The second-order valence-corrected chi connectivity index (χ2v) is 4.41. The monoisotopic (exact) mass is 282 g/mol. The Labute approximate surface area is 115 Å². The van der Waals surface area contributed by atoms with E-state index in [2.05, 4.69) is 20.6 Å². The summed E-state index contributed by atoms with van der Waals surface area (Å²) in [5.41, 5.74) is 0.701. The third-order valence-electron chi connectivity index (χ3n) is 2.18. The molecule has 0 bridgehead atoms. The third-order valence-corrected chi connectivity index (χ3v) is 2.75. The Kier molecular flexibility index (Phi) is 4.23. The van der Waals surface area contributed by atoms with Gasteiger partial charge in [-0.2, -0.15) is 0 Å². The van der Waals surface area contributed by atoms with Crippen LogP contribution in [0.1, 0.15) is 6.92 Å². The number of halogens is 2. The Morgan fingerprint density at radius 1 is 1.17 bits per heavy atom. The van der Waals surface area contributed by atoms with E-state index in [0.29, 0.717) is 27.4 Å². The molecule has 1 aromatic heterocycles. The van der Waals surface area contributed by atoms with Crippen LogP contribution in [0.5, 0.6) is 0 Å². The highest BCUT2D eigenvalue weighted by Crippen LogP contribution is 2.27. The number of hydrogen-bond donors (Lipinski definition) is 2. The molecule has 1 aromatic carbocycles. The van der Waals surface area contributed by atoms with Crippen LogP contribution in [0.4, 0.5) is 17.3 Å². The molecule has 0 amide bonds. The molecule has 0 saturated heterocycles. The van der Waals surface area contributed by atoms with Gasteiger partial charge in [0.15, 0.2) is 5.82 Å². The Hall–Kier alpha value is -1.52. The van der Waals surface area contributed by atoms with Crippen LogP contribution < -0.4 is 10.6 Å². The SMILES string of the molecule is CCNc1cncc(Nc2cc(Cl)ccc2Cl)n1. The number of anilines is 3. The number of hydrogen-bond acceptors (Lipinski definition) is 4. The van der Waals surface area contributed by atoms with Crippen molar-refractivity contribution in [1.82, 2.24) is 9.97 Å². The minimum absolute atomic E-state index is 0.579. The van der Waals surface area contributed by atoms with Crippen molar-refractivity contribution in [3.8, 4) is 0 Å².